The first-order chi connectivity index (χ1) is 10.7. The normalized spacial score (nSPS) is 22.5. The molecule has 23 heavy (non-hydrogen) atoms. The minimum Gasteiger partial charge on any atom is -0.490 e. The molecule has 0 unspecified atom stereocenters. The maximum Gasteiger partial charge on any atom is 0.502 e. The Hall–Kier alpha value is -1.27. The van der Waals surface area contributed by atoms with E-state index in [2.05, 4.69) is 4.98 Å². The predicted octanol–water partition coefficient (Wildman–Crippen LogP) is 2.71. The zero-order valence-corrected chi connectivity index (χ0v) is 14.9. The fraction of sp³-hybridized carbons (Fsp3) is 0.706. The summed E-state index contributed by atoms with van der Waals surface area (Å²) in [4.78, 5) is 4.26. The standard InChI is InChI=1S/C17H26BNO4/c1-11(2)20-13-9-19-10-14(21-12-7-8-12)15(13)18-22-16(3,4)17(5,6)23-18/h9-12H,7-8H2,1-6H3. The van der Waals surface area contributed by atoms with Crippen molar-refractivity contribution in [3.63, 3.8) is 0 Å². The highest BCUT2D eigenvalue weighted by molar-refractivity contribution is 6.64. The lowest BCUT2D eigenvalue weighted by Crippen LogP contribution is -2.41. The molecule has 0 bridgehead atoms. The Balaban J connectivity index is 1.98. The van der Waals surface area contributed by atoms with Gasteiger partial charge in [0.15, 0.2) is 0 Å². The van der Waals surface area contributed by atoms with E-state index in [9.17, 15) is 0 Å². The number of pyridine rings is 1. The van der Waals surface area contributed by atoms with E-state index in [0.717, 1.165) is 18.3 Å². The zero-order chi connectivity index (χ0) is 16.8. The maximum atomic E-state index is 6.20. The number of nitrogens with zero attached hydrogens (tertiary/aromatic N) is 1. The van der Waals surface area contributed by atoms with E-state index in [0.29, 0.717) is 11.5 Å². The first kappa shape index (κ1) is 16.6. The average Bonchev–Trinajstić information content (AvgIpc) is 3.17. The smallest absolute Gasteiger partial charge is 0.490 e. The monoisotopic (exact) mass is 319 g/mol. The van der Waals surface area contributed by atoms with Gasteiger partial charge in [-0.25, -0.2) is 0 Å². The molecule has 0 radical (unpaired) electrons. The van der Waals surface area contributed by atoms with Gasteiger partial charge in [-0.15, -0.1) is 0 Å². The summed E-state index contributed by atoms with van der Waals surface area (Å²) in [5.41, 5.74) is -0.0148. The average molecular weight is 319 g/mol. The Bertz CT molecular complexity index is 546. The third kappa shape index (κ3) is 3.33. The lowest BCUT2D eigenvalue weighted by molar-refractivity contribution is 0.00578. The highest BCUT2D eigenvalue weighted by Gasteiger charge is 2.53. The molecule has 1 aromatic rings. The summed E-state index contributed by atoms with van der Waals surface area (Å²) in [6, 6.07) is 0. The first-order valence-electron chi connectivity index (χ1n) is 8.36. The quantitative estimate of drug-likeness (QED) is 0.781. The fourth-order valence-electron chi connectivity index (χ4n) is 2.43. The molecule has 126 valence electrons. The van der Waals surface area contributed by atoms with Crippen LogP contribution in [0.2, 0.25) is 0 Å². The van der Waals surface area contributed by atoms with Gasteiger partial charge < -0.3 is 18.8 Å². The van der Waals surface area contributed by atoms with Crippen LogP contribution in [-0.2, 0) is 9.31 Å². The molecule has 6 heteroatoms. The minimum absolute atomic E-state index is 0.0362. The molecule has 1 saturated carbocycles. The van der Waals surface area contributed by atoms with Crippen molar-refractivity contribution < 1.29 is 18.8 Å². The molecule has 1 saturated heterocycles. The number of rotatable bonds is 5. The van der Waals surface area contributed by atoms with Crippen molar-refractivity contribution in [2.75, 3.05) is 0 Å². The van der Waals surface area contributed by atoms with E-state index >= 15 is 0 Å². The third-order valence-electron chi connectivity index (χ3n) is 4.58. The minimum atomic E-state index is -0.523. The topological polar surface area (TPSA) is 49.8 Å². The molecule has 3 rings (SSSR count). The first-order valence-corrected chi connectivity index (χ1v) is 8.36. The third-order valence-corrected chi connectivity index (χ3v) is 4.58. The number of aromatic nitrogens is 1. The van der Waals surface area contributed by atoms with Crippen molar-refractivity contribution >= 4 is 12.6 Å². The molecule has 0 atom stereocenters. The van der Waals surface area contributed by atoms with Crippen LogP contribution in [0, 0.1) is 0 Å². The Morgan fingerprint density at radius 1 is 1.09 bits per heavy atom. The second-order valence-corrected chi connectivity index (χ2v) is 7.62. The van der Waals surface area contributed by atoms with Crippen molar-refractivity contribution in [3.05, 3.63) is 12.4 Å². The van der Waals surface area contributed by atoms with Crippen molar-refractivity contribution in [3.8, 4) is 11.5 Å². The van der Waals surface area contributed by atoms with E-state index in [1.807, 2.05) is 41.5 Å². The summed E-state index contributed by atoms with van der Waals surface area (Å²) in [6.07, 6.45) is 5.91. The summed E-state index contributed by atoms with van der Waals surface area (Å²) < 4.78 is 24.4. The fourth-order valence-corrected chi connectivity index (χ4v) is 2.43. The van der Waals surface area contributed by atoms with Gasteiger partial charge in [-0.1, -0.05) is 0 Å². The second-order valence-electron chi connectivity index (χ2n) is 7.62. The summed E-state index contributed by atoms with van der Waals surface area (Å²) in [5, 5.41) is 0. The molecular formula is C17H26BNO4. The summed E-state index contributed by atoms with van der Waals surface area (Å²) in [7, 11) is -0.523. The lowest BCUT2D eigenvalue weighted by atomic mass is 9.78. The second kappa shape index (κ2) is 5.67. The van der Waals surface area contributed by atoms with Crippen LogP contribution in [0.1, 0.15) is 54.4 Å². The molecular weight excluding hydrogens is 293 g/mol. The molecule has 1 aliphatic carbocycles. The van der Waals surface area contributed by atoms with Gasteiger partial charge in [-0.3, -0.25) is 4.98 Å². The summed E-state index contributed by atoms with van der Waals surface area (Å²) in [6.45, 7) is 12.1. The van der Waals surface area contributed by atoms with E-state index < -0.39 is 18.3 Å². The van der Waals surface area contributed by atoms with Crippen molar-refractivity contribution in [2.45, 2.75) is 77.8 Å². The zero-order valence-electron chi connectivity index (χ0n) is 14.9. The molecule has 0 spiro atoms. The van der Waals surface area contributed by atoms with Crippen LogP contribution in [0.5, 0.6) is 11.5 Å². The van der Waals surface area contributed by atoms with Gasteiger partial charge >= 0.3 is 7.12 Å². The highest BCUT2D eigenvalue weighted by Crippen LogP contribution is 2.38. The predicted molar refractivity (Wildman–Crippen MR) is 89.4 cm³/mol. The van der Waals surface area contributed by atoms with Crippen LogP contribution in [0.25, 0.3) is 0 Å². The molecule has 1 aliphatic heterocycles. The highest BCUT2D eigenvalue weighted by atomic mass is 16.7. The maximum absolute atomic E-state index is 6.20. The molecule has 2 heterocycles. The summed E-state index contributed by atoms with van der Waals surface area (Å²) in [5.74, 6) is 1.36. The molecule has 1 aromatic heterocycles. The molecule has 0 aromatic carbocycles. The Morgan fingerprint density at radius 2 is 1.65 bits per heavy atom. The van der Waals surface area contributed by atoms with Crippen LogP contribution in [0.15, 0.2) is 12.4 Å². The molecule has 5 nitrogen and oxygen atoms in total. The molecule has 2 fully saturated rings. The lowest BCUT2D eigenvalue weighted by Gasteiger charge is -2.32. The van der Waals surface area contributed by atoms with Gasteiger partial charge in [-0.05, 0) is 54.4 Å². The van der Waals surface area contributed by atoms with Crippen LogP contribution in [-0.4, -0.2) is 35.5 Å². The van der Waals surface area contributed by atoms with Gasteiger partial charge in [0.2, 0.25) is 0 Å². The summed E-state index contributed by atoms with van der Waals surface area (Å²) >= 11 is 0. The SMILES string of the molecule is CC(C)Oc1cncc(OC2CC2)c1B1OC(C)(C)C(C)(C)O1. The Kier molecular flexibility index (Phi) is 4.09. The number of hydrogen-bond donors (Lipinski definition) is 0. The van der Waals surface area contributed by atoms with Crippen LogP contribution in [0.3, 0.4) is 0 Å². The van der Waals surface area contributed by atoms with Gasteiger partial charge in [0.05, 0.1) is 41.3 Å². The molecule has 0 amide bonds. The number of ether oxygens (including phenoxy) is 2. The molecule has 0 N–H and O–H groups in total. The van der Waals surface area contributed by atoms with Crippen molar-refractivity contribution in [2.24, 2.45) is 0 Å². The Labute approximate surface area is 138 Å². The van der Waals surface area contributed by atoms with Gasteiger partial charge in [0.25, 0.3) is 0 Å². The van der Waals surface area contributed by atoms with Gasteiger partial charge in [0, 0.05) is 0 Å². The van der Waals surface area contributed by atoms with Crippen molar-refractivity contribution in [1.82, 2.24) is 4.98 Å². The largest absolute Gasteiger partial charge is 0.502 e. The number of hydrogen-bond acceptors (Lipinski definition) is 5. The molecule has 2 aliphatic rings. The van der Waals surface area contributed by atoms with Gasteiger partial charge in [0.1, 0.15) is 11.5 Å². The van der Waals surface area contributed by atoms with Crippen LogP contribution < -0.4 is 14.9 Å². The van der Waals surface area contributed by atoms with Crippen LogP contribution in [0.4, 0.5) is 0 Å². The van der Waals surface area contributed by atoms with E-state index in [1.165, 1.54) is 0 Å². The van der Waals surface area contributed by atoms with Crippen molar-refractivity contribution in [1.29, 1.82) is 0 Å². The van der Waals surface area contributed by atoms with E-state index in [-0.39, 0.29) is 12.2 Å². The Morgan fingerprint density at radius 3 is 2.17 bits per heavy atom. The van der Waals surface area contributed by atoms with Gasteiger partial charge in [-0.2, -0.15) is 0 Å². The van der Waals surface area contributed by atoms with E-state index in [1.54, 1.807) is 12.4 Å². The van der Waals surface area contributed by atoms with Crippen LogP contribution >= 0.6 is 0 Å². The van der Waals surface area contributed by atoms with E-state index in [4.69, 9.17) is 18.8 Å².